The zero-order valence-corrected chi connectivity index (χ0v) is 15.9. The number of carbonyl (C=O) groups is 1. The number of methoxy groups -OCH3 is 1. The highest BCUT2D eigenvalue weighted by Gasteiger charge is 2.33. The molecule has 0 aliphatic carbocycles. The molecular weight excluding hydrogens is 417 g/mol. The molecule has 0 aromatic heterocycles. The van der Waals surface area contributed by atoms with Crippen LogP contribution >= 0.6 is 39.3 Å². The molecule has 24 heavy (non-hydrogen) atoms. The first-order chi connectivity index (χ1) is 11.5. The minimum Gasteiger partial charge on any atom is -0.496 e. The Hall–Kier alpha value is -1.24. The van der Waals surface area contributed by atoms with Crippen LogP contribution in [0.4, 0.5) is 4.39 Å². The predicted octanol–water partition coefficient (Wildman–Crippen LogP) is 5.14. The highest BCUT2D eigenvalue weighted by atomic mass is 79.9. The summed E-state index contributed by atoms with van der Waals surface area (Å²) in [5.41, 5.74) is 0.880. The van der Waals surface area contributed by atoms with Crippen LogP contribution in [0.2, 0.25) is 5.02 Å². The van der Waals surface area contributed by atoms with Gasteiger partial charge in [0.1, 0.15) is 16.9 Å². The molecule has 1 aliphatic heterocycles. The minimum absolute atomic E-state index is 0.0701. The second-order valence-corrected chi connectivity index (χ2v) is 7.66. The molecule has 0 saturated carbocycles. The molecule has 0 N–H and O–H groups in total. The Bertz CT molecular complexity index is 769. The number of rotatable bonds is 3. The summed E-state index contributed by atoms with van der Waals surface area (Å²) in [7, 11) is 1.60. The average Bonchev–Trinajstić information content (AvgIpc) is 3.04. The Morgan fingerprint density at radius 3 is 2.88 bits per heavy atom. The first kappa shape index (κ1) is 17.6. The van der Waals surface area contributed by atoms with Gasteiger partial charge in [-0.1, -0.05) is 23.7 Å². The second kappa shape index (κ2) is 7.33. The third kappa shape index (κ3) is 3.27. The highest BCUT2D eigenvalue weighted by Crippen LogP contribution is 2.41. The van der Waals surface area contributed by atoms with Gasteiger partial charge in [-0.2, -0.15) is 0 Å². The van der Waals surface area contributed by atoms with Gasteiger partial charge in [0.25, 0.3) is 5.91 Å². The number of carbonyl (C=O) groups excluding carboxylic acids is 1. The fourth-order valence-corrected chi connectivity index (χ4v) is 4.68. The lowest BCUT2D eigenvalue weighted by atomic mass is 10.1. The van der Waals surface area contributed by atoms with Crippen LogP contribution in [-0.4, -0.2) is 30.2 Å². The van der Waals surface area contributed by atoms with Gasteiger partial charge in [0.05, 0.1) is 22.2 Å². The van der Waals surface area contributed by atoms with Crippen molar-refractivity contribution in [2.24, 2.45) is 0 Å². The molecule has 2 aromatic rings. The number of benzene rings is 2. The van der Waals surface area contributed by atoms with E-state index in [0.29, 0.717) is 6.54 Å². The van der Waals surface area contributed by atoms with E-state index in [2.05, 4.69) is 15.9 Å². The number of hydrogen-bond acceptors (Lipinski definition) is 3. The first-order valence-corrected chi connectivity index (χ1v) is 9.45. The maximum atomic E-state index is 14.1. The Labute approximate surface area is 157 Å². The molecule has 2 aromatic carbocycles. The lowest BCUT2D eigenvalue weighted by molar-refractivity contribution is 0.0756. The van der Waals surface area contributed by atoms with Gasteiger partial charge in [0.15, 0.2) is 0 Å². The van der Waals surface area contributed by atoms with Gasteiger partial charge in [-0.25, -0.2) is 4.39 Å². The molecule has 1 amide bonds. The topological polar surface area (TPSA) is 29.5 Å². The van der Waals surface area contributed by atoms with E-state index >= 15 is 0 Å². The van der Waals surface area contributed by atoms with Gasteiger partial charge >= 0.3 is 0 Å². The van der Waals surface area contributed by atoms with Crippen LogP contribution in [0.15, 0.2) is 40.9 Å². The van der Waals surface area contributed by atoms with E-state index in [1.807, 2.05) is 18.2 Å². The van der Waals surface area contributed by atoms with Gasteiger partial charge in [-0.3, -0.25) is 4.79 Å². The summed E-state index contributed by atoms with van der Waals surface area (Å²) in [6.45, 7) is 0.544. The number of ether oxygens (including phenoxy) is 1. The molecule has 1 unspecified atom stereocenters. The van der Waals surface area contributed by atoms with Gasteiger partial charge in [0, 0.05) is 12.3 Å². The Kier molecular flexibility index (Phi) is 5.37. The molecule has 1 heterocycles. The van der Waals surface area contributed by atoms with E-state index < -0.39 is 5.82 Å². The summed E-state index contributed by atoms with van der Waals surface area (Å²) in [4.78, 5) is 14.5. The van der Waals surface area contributed by atoms with E-state index in [0.717, 1.165) is 21.5 Å². The van der Waals surface area contributed by atoms with Crippen LogP contribution in [0.5, 0.6) is 5.75 Å². The SMILES string of the molecule is COc1ccc(C2SCCN2C(=O)c2c(F)cccc2Cl)cc1Br. The van der Waals surface area contributed by atoms with Crippen molar-refractivity contribution in [3.05, 3.63) is 62.8 Å². The van der Waals surface area contributed by atoms with Crippen LogP contribution in [0.3, 0.4) is 0 Å². The Balaban J connectivity index is 1.93. The Morgan fingerprint density at radius 1 is 1.42 bits per heavy atom. The van der Waals surface area contributed by atoms with E-state index in [-0.39, 0.29) is 21.9 Å². The number of amides is 1. The standard InChI is InChI=1S/C17H14BrClFNO2S/c1-23-14-6-5-10(9-11(14)18)17-21(7-8-24-17)16(22)15-12(19)3-2-4-13(15)20/h2-6,9,17H,7-8H2,1H3. The smallest absolute Gasteiger partial charge is 0.259 e. The normalized spacial score (nSPS) is 17.2. The molecule has 3 rings (SSSR count). The van der Waals surface area contributed by atoms with Crippen molar-refractivity contribution >= 4 is 45.2 Å². The zero-order valence-electron chi connectivity index (χ0n) is 12.8. The van der Waals surface area contributed by atoms with E-state index in [9.17, 15) is 9.18 Å². The third-order valence-corrected chi connectivity index (χ3v) is 5.98. The molecule has 3 nitrogen and oxygen atoms in total. The molecule has 1 saturated heterocycles. The predicted molar refractivity (Wildman–Crippen MR) is 98.3 cm³/mol. The zero-order chi connectivity index (χ0) is 17.3. The van der Waals surface area contributed by atoms with Gasteiger partial charge < -0.3 is 9.64 Å². The van der Waals surface area contributed by atoms with Crippen LogP contribution in [0.1, 0.15) is 21.3 Å². The first-order valence-electron chi connectivity index (χ1n) is 7.23. The van der Waals surface area contributed by atoms with Gasteiger partial charge in [0.2, 0.25) is 0 Å². The van der Waals surface area contributed by atoms with E-state index in [1.54, 1.807) is 23.8 Å². The van der Waals surface area contributed by atoms with Crippen molar-refractivity contribution in [3.63, 3.8) is 0 Å². The maximum absolute atomic E-state index is 14.1. The molecule has 0 spiro atoms. The van der Waals surface area contributed by atoms with Crippen molar-refractivity contribution in [1.82, 2.24) is 4.90 Å². The lowest BCUT2D eigenvalue weighted by Gasteiger charge is -2.25. The number of halogens is 3. The third-order valence-electron chi connectivity index (χ3n) is 3.79. The van der Waals surface area contributed by atoms with Gasteiger partial charge in [-0.05, 0) is 45.8 Å². The summed E-state index contributed by atoms with van der Waals surface area (Å²) in [5, 5.41) is -0.0538. The average molecular weight is 431 g/mol. The number of nitrogens with zero attached hydrogens (tertiary/aromatic N) is 1. The molecular formula is C17H14BrClFNO2S. The largest absolute Gasteiger partial charge is 0.496 e. The summed E-state index contributed by atoms with van der Waals surface area (Å²) in [5.74, 6) is 0.516. The fourth-order valence-electron chi connectivity index (χ4n) is 2.64. The molecule has 0 bridgehead atoms. The highest BCUT2D eigenvalue weighted by molar-refractivity contribution is 9.10. The van der Waals surface area contributed by atoms with Crippen LogP contribution in [-0.2, 0) is 0 Å². The minimum atomic E-state index is -0.598. The van der Waals surface area contributed by atoms with Crippen molar-refractivity contribution in [2.45, 2.75) is 5.37 Å². The molecule has 1 atom stereocenters. The van der Waals surface area contributed by atoms with E-state index in [4.69, 9.17) is 16.3 Å². The maximum Gasteiger partial charge on any atom is 0.259 e. The number of thioether (sulfide) groups is 1. The quantitative estimate of drug-likeness (QED) is 0.675. The summed E-state index contributed by atoms with van der Waals surface area (Å²) in [6, 6.07) is 9.95. The molecule has 1 aliphatic rings. The molecule has 1 fully saturated rings. The molecule has 0 radical (unpaired) electrons. The second-order valence-electron chi connectivity index (χ2n) is 5.21. The van der Waals surface area contributed by atoms with Crippen LogP contribution < -0.4 is 4.74 Å². The summed E-state index contributed by atoms with van der Waals surface area (Å²) < 4.78 is 20.1. The van der Waals surface area contributed by atoms with Crippen molar-refractivity contribution < 1.29 is 13.9 Å². The van der Waals surface area contributed by atoms with Crippen molar-refractivity contribution in [3.8, 4) is 5.75 Å². The summed E-state index contributed by atoms with van der Waals surface area (Å²) in [6.07, 6.45) is 0. The van der Waals surface area contributed by atoms with Crippen molar-refractivity contribution in [2.75, 3.05) is 19.4 Å². The van der Waals surface area contributed by atoms with Crippen LogP contribution in [0.25, 0.3) is 0 Å². The van der Waals surface area contributed by atoms with Crippen molar-refractivity contribution in [1.29, 1.82) is 0 Å². The van der Waals surface area contributed by atoms with Crippen LogP contribution in [0, 0.1) is 5.82 Å². The molecule has 126 valence electrons. The lowest BCUT2D eigenvalue weighted by Crippen LogP contribution is -2.31. The Morgan fingerprint density at radius 2 is 2.21 bits per heavy atom. The van der Waals surface area contributed by atoms with Gasteiger partial charge in [-0.15, -0.1) is 11.8 Å². The van der Waals surface area contributed by atoms with E-state index in [1.165, 1.54) is 18.2 Å². The summed E-state index contributed by atoms with van der Waals surface area (Å²) >= 11 is 11.1. The molecule has 7 heteroatoms. The number of hydrogen-bond donors (Lipinski definition) is 0. The fraction of sp³-hybridized carbons (Fsp3) is 0.235. The monoisotopic (exact) mass is 429 g/mol.